The Bertz CT molecular complexity index is 229. The van der Waals surface area contributed by atoms with Crippen molar-refractivity contribution in [2.24, 2.45) is 0 Å². The molecule has 0 amide bonds. The van der Waals surface area contributed by atoms with Gasteiger partial charge in [0.15, 0.2) is 0 Å². The Kier molecular flexibility index (Phi) is 2.80. The normalized spacial score (nSPS) is 37.4. The van der Waals surface area contributed by atoms with Crippen LogP contribution < -0.4 is 0 Å². The van der Waals surface area contributed by atoms with Crippen molar-refractivity contribution in [3.05, 3.63) is 0 Å². The monoisotopic (exact) mass is 192 g/mol. The highest BCUT2D eigenvalue weighted by molar-refractivity contribution is 4.98. The van der Waals surface area contributed by atoms with Crippen molar-refractivity contribution >= 4 is 0 Å². The molecule has 78 valence electrons. The highest BCUT2D eigenvalue weighted by Crippen LogP contribution is 2.35. The fourth-order valence-corrected chi connectivity index (χ4v) is 3.02. The molecule has 2 heterocycles. The zero-order valence-electron chi connectivity index (χ0n) is 9.24. The first-order valence-electron chi connectivity index (χ1n) is 5.58. The van der Waals surface area contributed by atoms with Crippen molar-refractivity contribution in [3.63, 3.8) is 0 Å². The second-order valence-corrected chi connectivity index (χ2v) is 4.79. The fraction of sp³-hybridized carbons (Fsp3) is 0.833. The third-order valence-corrected chi connectivity index (χ3v) is 4.04. The van der Waals surface area contributed by atoms with Crippen LogP contribution in [0.2, 0.25) is 0 Å². The van der Waals surface area contributed by atoms with Crippen LogP contribution in [0.25, 0.3) is 0 Å². The summed E-state index contributed by atoms with van der Waals surface area (Å²) >= 11 is 0. The predicted octanol–water partition coefficient (Wildman–Crippen LogP) is 1.18. The molecule has 0 spiro atoms. The van der Waals surface area contributed by atoms with Gasteiger partial charge in [0, 0.05) is 18.1 Å². The van der Waals surface area contributed by atoms with Crippen LogP contribution in [0.3, 0.4) is 0 Å². The minimum Gasteiger partial charge on any atom is -0.300 e. The summed E-state index contributed by atoms with van der Waals surface area (Å²) in [7, 11) is 4.44. The number of piperidine rings is 1. The molecular weight excluding hydrogens is 172 g/mol. The SMILES string of the molecule is C#CCN(C)C1CC2CCC(C1)N2C. The van der Waals surface area contributed by atoms with Crippen molar-refractivity contribution < 1.29 is 0 Å². The number of fused-ring (bicyclic) bond motifs is 2. The maximum Gasteiger partial charge on any atom is 0.0598 e. The lowest BCUT2D eigenvalue weighted by molar-refractivity contribution is 0.0976. The first kappa shape index (κ1) is 10.0. The van der Waals surface area contributed by atoms with Crippen LogP contribution in [0.15, 0.2) is 0 Å². The quantitative estimate of drug-likeness (QED) is 0.606. The Morgan fingerprint density at radius 2 is 1.93 bits per heavy atom. The third-order valence-electron chi connectivity index (χ3n) is 4.04. The summed E-state index contributed by atoms with van der Waals surface area (Å²) in [5, 5.41) is 0. The first-order chi connectivity index (χ1) is 6.72. The molecule has 2 fully saturated rings. The number of hydrogen-bond donors (Lipinski definition) is 0. The zero-order chi connectivity index (χ0) is 10.1. The average Bonchev–Trinajstić information content (AvgIpc) is 2.42. The molecule has 2 bridgehead atoms. The van der Waals surface area contributed by atoms with Crippen LogP contribution in [-0.2, 0) is 0 Å². The van der Waals surface area contributed by atoms with Crippen LogP contribution in [0.5, 0.6) is 0 Å². The molecule has 2 unspecified atom stereocenters. The van der Waals surface area contributed by atoms with E-state index in [0.717, 1.165) is 24.7 Å². The van der Waals surface area contributed by atoms with E-state index in [2.05, 4.69) is 29.8 Å². The van der Waals surface area contributed by atoms with Gasteiger partial charge in [0.1, 0.15) is 0 Å². The van der Waals surface area contributed by atoms with Gasteiger partial charge in [-0.25, -0.2) is 0 Å². The van der Waals surface area contributed by atoms with E-state index in [-0.39, 0.29) is 0 Å². The van der Waals surface area contributed by atoms with Crippen LogP contribution in [0.1, 0.15) is 25.7 Å². The summed E-state index contributed by atoms with van der Waals surface area (Å²) in [6.45, 7) is 0.799. The summed E-state index contributed by atoms with van der Waals surface area (Å²) in [5.74, 6) is 2.74. The summed E-state index contributed by atoms with van der Waals surface area (Å²) in [4.78, 5) is 4.92. The molecule has 2 saturated heterocycles. The van der Waals surface area contributed by atoms with Gasteiger partial charge in [-0.15, -0.1) is 6.42 Å². The molecule has 0 aromatic rings. The van der Waals surface area contributed by atoms with Crippen molar-refractivity contribution in [1.29, 1.82) is 0 Å². The lowest BCUT2D eigenvalue weighted by atomic mass is 9.97. The Balaban J connectivity index is 1.96. The van der Waals surface area contributed by atoms with Crippen molar-refractivity contribution in [3.8, 4) is 12.3 Å². The standard InChI is InChI=1S/C12H20N2/c1-4-7-13(2)12-8-10-5-6-11(9-12)14(10)3/h1,10-12H,5-9H2,2-3H3. The second kappa shape index (κ2) is 3.92. The first-order valence-corrected chi connectivity index (χ1v) is 5.58. The van der Waals surface area contributed by atoms with E-state index in [1.165, 1.54) is 25.7 Å². The Morgan fingerprint density at radius 1 is 1.36 bits per heavy atom. The molecule has 0 radical (unpaired) electrons. The minimum absolute atomic E-state index is 0.722. The number of rotatable bonds is 2. The average molecular weight is 192 g/mol. The fourth-order valence-electron chi connectivity index (χ4n) is 3.02. The summed E-state index contributed by atoms with van der Waals surface area (Å²) in [5.41, 5.74) is 0. The largest absolute Gasteiger partial charge is 0.300 e. The topological polar surface area (TPSA) is 6.48 Å². The van der Waals surface area contributed by atoms with E-state index >= 15 is 0 Å². The molecule has 0 N–H and O–H groups in total. The van der Waals surface area contributed by atoms with Crippen LogP contribution in [0.4, 0.5) is 0 Å². The molecule has 0 aliphatic carbocycles. The van der Waals surface area contributed by atoms with E-state index in [4.69, 9.17) is 6.42 Å². The maximum absolute atomic E-state index is 5.35. The van der Waals surface area contributed by atoms with Crippen molar-refractivity contribution in [1.82, 2.24) is 9.80 Å². The summed E-state index contributed by atoms with van der Waals surface area (Å²) in [6, 6.07) is 2.36. The summed E-state index contributed by atoms with van der Waals surface area (Å²) < 4.78 is 0. The van der Waals surface area contributed by atoms with Gasteiger partial charge in [-0.1, -0.05) is 5.92 Å². The molecule has 14 heavy (non-hydrogen) atoms. The lowest BCUT2D eigenvalue weighted by Gasteiger charge is -2.39. The van der Waals surface area contributed by atoms with Gasteiger partial charge >= 0.3 is 0 Å². The maximum atomic E-state index is 5.35. The molecular formula is C12H20N2. The van der Waals surface area contributed by atoms with Gasteiger partial charge in [0.2, 0.25) is 0 Å². The molecule has 0 saturated carbocycles. The highest BCUT2D eigenvalue weighted by Gasteiger charge is 2.39. The van der Waals surface area contributed by atoms with Crippen LogP contribution in [0, 0.1) is 12.3 Å². The molecule has 2 aliphatic heterocycles. The minimum atomic E-state index is 0.722. The Hall–Kier alpha value is -0.520. The van der Waals surface area contributed by atoms with E-state index in [9.17, 15) is 0 Å². The molecule has 2 rings (SSSR count). The molecule has 2 heteroatoms. The number of nitrogens with zero attached hydrogens (tertiary/aromatic N) is 2. The molecule has 2 atom stereocenters. The molecule has 2 nitrogen and oxygen atoms in total. The van der Waals surface area contributed by atoms with Crippen molar-refractivity contribution in [2.75, 3.05) is 20.6 Å². The van der Waals surface area contributed by atoms with Crippen LogP contribution in [-0.4, -0.2) is 48.6 Å². The van der Waals surface area contributed by atoms with Gasteiger partial charge in [0.25, 0.3) is 0 Å². The van der Waals surface area contributed by atoms with E-state index in [1.807, 2.05) is 0 Å². The van der Waals surface area contributed by atoms with Gasteiger partial charge in [-0.2, -0.15) is 0 Å². The van der Waals surface area contributed by atoms with Gasteiger partial charge in [-0.05, 0) is 39.8 Å². The van der Waals surface area contributed by atoms with Gasteiger partial charge in [-0.3, -0.25) is 4.90 Å². The lowest BCUT2D eigenvalue weighted by Crippen LogP contribution is -2.47. The Morgan fingerprint density at radius 3 is 2.43 bits per heavy atom. The molecule has 0 aromatic carbocycles. The molecule has 0 aromatic heterocycles. The van der Waals surface area contributed by atoms with Gasteiger partial charge in [0.05, 0.1) is 6.54 Å². The highest BCUT2D eigenvalue weighted by atomic mass is 15.2. The second-order valence-electron chi connectivity index (χ2n) is 4.79. The van der Waals surface area contributed by atoms with Crippen molar-refractivity contribution in [2.45, 2.75) is 43.8 Å². The smallest absolute Gasteiger partial charge is 0.0598 e. The van der Waals surface area contributed by atoms with E-state index in [1.54, 1.807) is 0 Å². The van der Waals surface area contributed by atoms with E-state index < -0.39 is 0 Å². The van der Waals surface area contributed by atoms with Gasteiger partial charge < -0.3 is 4.90 Å². The molecule has 2 aliphatic rings. The number of terminal acetylenes is 1. The van der Waals surface area contributed by atoms with Crippen LogP contribution >= 0.6 is 0 Å². The number of hydrogen-bond acceptors (Lipinski definition) is 2. The third kappa shape index (κ3) is 1.67. The Labute approximate surface area is 87.3 Å². The zero-order valence-corrected chi connectivity index (χ0v) is 9.24. The summed E-state index contributed by atoms with van der Waals surface area (Å²) in [6.07, 6.45) is 10.7. The van der Waals surface area contributed by atoms with E-state index in [0.29, 0.717) is 0 Å². The predicted molar refractivity (Wildman–Crippen MR) is 59.1 cm³/mol.